The predicted octanol–water partition coefficient (Wildman–Crippen LogP) is 4.62. The molecule has 0 aliphatic heterocycles. The molecular weight excluding hydrogens is 264 g/mol. The Labute approximate surface area is 125 Å². The van der Waals surface area contributed by atoms with Crippen molar-refractivity contribution in [3.05, 3.63) is 35.9 Å². The Balaban J connectivity index is 2.52. The topological polar surface area (TPSA) is 35.5 Å². The number of hydrogen-bond acceptors (Lipinski definition) is 3. The van der Waals surface area contributed by atoms with E-state index < -0.39 is 0 Å². The van der Waals surface area contributed by atoms with Crippen LogP contribution in [0.1, 0.15) is 44.0 Å². The van der Waals surface area contributed by atoms with E-state index in [1.807, 2.05) is 37.3 Å². The van der Waals surface area contributed by atoms with Gasteiger partial charge >= 0.3 is 0 Å². The van der Waals surface area contributed by atoms with Crippen LogP contribution in [-0.2, 0) is 0 Å². The number of benzene rings is 2. The minimum Gasteiger partial charge on any atom is -0.494 e. The predicted molar refractivity (Wildman–Crippen MR) is 85.5 cm³/mol. The lowest BCUT2D eigenvalue weighted by Crippen LogP contribution is -2.03. The number of ether oxygens (including phenoxy) is 2. The fraction of sp³-hybridized carbons (Fsp3) is 0.389. The van der Waals surface area contributed by atoms with E-state index in [1.165, 1.54) is 0 Å². The van der Waals surface area contributed by atoms with Crippen molar-refractivity contribution in [2.75, 3.05) is 13.2 Å². The molecule has 0 atom stereocenters. The van der Waals surface area contributed by atoms with Gasteiger partial charge in [-0.05, 0) is 43.4 Å². The van der Waals surface area contributed by atoms with Gasteiger partial charge in [0.25, 0.3) is 0 Å². The summed E-state index contributed by atoms with van der Waals surface area (Å²) in [7, 11) is 0. The molecule has 0 aliphatic carbocycles. The second-order valence-corrected chi connectivity index (χ2v) is 5.08. The van der Waals surface area contributed by atoms with Crippen molar-refractivity contribution in [2.24, 2.45) is 0 Å². The third kappa shape index (κ3) is 3.54. The zero-order valence-electron chi connectivity index (χ0n) is 12.9. The molecule has 2 aromatic rings. The van der Waals surface area contributed by atoms with Gasteiger partial charge in [-0.15, -0.1) is 0 Å². The summed E-state index contributed by atoms with van der Waals surface area (Å²) in [5, 5.41) is 1.99. The molecule has 0 spiro atoms. The molecule has 0 saturated heterocycles. The van der Waals surface area contributed by atoms with Crippen molar-refractivity contribution in [3.63, 3.8) is 0 Å². The quantitative estimate of drug-likeness (QED) is 0.697. The summed E-state index contributed by atoms with van der Waals surface area (Å²) in [5.41, 5.74) is 0.628. The van der Waals surface area contributed by atoms with Crippen LogP contribution in [0.15, 0.2) is 30.3 Å². The number of carbonyl (C=O) groups excluding carboxylic acids is 1. The van der Waals surface area contributed by atoms with Crippen LogP contribution >= 0.6 is 0 Å². The first-order valence-electron chi connectivity index (χ1n) is 7.50. The first-order valence-corrected chi connectivity index (χ1v) is 7.50. The standard InChI is InChI=1S/C18H22O3/c1-4-10-20-15-8-6-14-7-9-16(13(3)19)18(17(14)12-15)21-11-5-2/h6-9,12H,4-5,10-11H2,1-3H3. The number of hydrogen-bond donors (Lipinski definition) is 0. The summed E-state index contributed by atoms with van der Waals surface area (Å²) in [6.45, 7) is 6.97. The Kier molecular flexibility index (Phi) is 5.20. The lowest BCUT2D eigenvalue weighted by molar-refractivity contribution is 0.101. The SMILES string of the molecule is CCCOc1ccc2ccc(C(C)=O)c(OCCC)c2c1. The molecule has 2 rings (SSSR count). The highest BCUT2D eigenvalue weighted by Crippen LogP contribution is 2.33. The van der Waals surface area contributed by atoms with E-state index in [0.717, 1.165) is 29.4 Å². The van der Waals surface area contributed by atoms with E-state index in [1.54, 1.807) is 6.92 Å². The molecule has 0 fully saturated rings. The number of carbonyl (C=O) groups is 1. The maximum Gasteiger partial charge on any atom is 0.163 e. The van der Waals surface area contributed by atoms with E-state index in [2.05, 4.69) is 6.92 Å². The van der Waals surface area contributed by atoms with Crippen LogP contribution < -0.4 is 9.47 Å². The lowest BCUT2D eigenvalue weighted by Gasteiger charge is -2.14. The van der Waals surface area contributed by atoms with Crippen LogP contribution in [0.25, 0.3) is 10.8 Å². The molecule has 3 heteroatoms. The van der Waals surface area contributed by atoms with Gasteiger partial charge in [0.1, 0.15) is 11.5 Å². The third-order valence-electron chi connectivity index (χ3n) is 3.25. The van der Waals surface area contributed by atoms with Crippen molar-refractivity contribution >= 4 is 16.6 Å². The van der Waals surface area contributed by atoms with Crippen molar-refractivity contribution in [2.45, 2.75) is 33.6 Å². The van der Waals surface area contributed by atoms with E-state index in [-0.39, 0.29) is 5.78 Å². The third-order valence-corrected chi connectivity index (χ3v) is 3.25. The van der Waals surface area contributed by atoms with Crippen molar-refractivity contribution in [1.82, 2.24) is 0 Å². The molecule has 0 aromatic heterocycles. The van der Waals surface area contributed by atoms with Gasteiger partial charge in [-0.1, -0.05) is 26.0 Å². The molecule has 3 nitrogen and oxygen atoms in total. The summed E-state index contributed by atoms with van der Waals surface area (Å²) in [6.07, 6.45) is 1.87. The van der Waals surface area contributed by atoms with E-state index in [4.69, 9.17) is 9.47 Å². The second kappa shape index (κ2) is 7.11. The van der Waals surface area contributed by atoms with Crippen molar-refractivity contribution in [3.8, 4) is 11.5 Å². The van der Waals surface area contributed by atoms with Gasteiger partial charge in [-0.3, -0.25) is 4.79 Å². The number of ketones is 1. The maximum absolute atomic E-state index is 11.8. The highest BCUT2D eigenvalue weighted by molar-refractivity contribution is 6.04. The van der Waals surface area contributed by atoms with E-state index in [0.29, 0.717) is 24.5 Å². The van der Waals surface area contributed by atoms with Gasteiger partial charge in [0.2, 0.25) is 0 Å². The summed E-state index contributed by atoms with van der Waals surface area (Å²) in [5.74, 6) is 1.50. The summed E-state index contributed by atoms with van der Waals surface area (Å²) in [6, 6.07) is 9.71. The highest BCUT2D eigenvalue weighted by atomic mass is 16.5. The average Bonchev–Trinajstić information content (AvgIpc) is 2.49. The van der Waals surface area contributed by atoms with Crippen LogP contribution in [0.4, 0.5) is 0 Å². The normalized spacial score (nSPS) is 10.6. The zero-order chi connectivity index (χ0) is 15.2. The number of Topliss-reactive ketones (excluding diaryl/α,β-unsaturated/α-hetero) is 1. The fourth-order valence-electron chi connectivity index (χ4n) is 2.22. The monoisotopic (exact) mass is 286 g/mol. The molecule has 0 bridgehead atoms. The molecule has 0 heterocycles. The molecule has 2 aromatic carbocycles. The summed E-state index contributed by atoms with van der Waals surface area (Å²) < 4.78 is 11.5. The molecule has 0 unspecified atom stereocenters. The Morgan fingerprint density at radius 2 is 1.67 bits per heavy atom. The molecular formula is C18H22O3. The minimum atomic E-state index is 0.0166. The van der Waals surface area contributed by atoms with Crippen LogP contribution in [0.5, 0.6) is 11.5 Å². The summed E-state index contributed by atoms with van der Waals surface area (Å²) >= 11 is 0. The molecule has 0 radical (unpaired) electrons. The Morgan fingerprint density at radius 3 is 2.33 bits per heavy atom. The molecule has 0 saturated carbocycles. The van der Waals surface area contributed by atoms with Gasteiger partial charge in [0, 0.05) is 5.39 Å². The van der Waals surface area contributed by atoms with Gasteiger partial charge in [-0.25, -0.2) is 0 Å². The van der Waals surface area contributed by atoms with Crippen LogP contribution in [0.3, 0.4) is 0 Å². The Hall–Kier alpha value is -2.03. The Bertz CT molecular complexity index is 632. The lowest BCUT2D eigenvalue weighted by atomic mass is 10.0. The number of rotatable bonds is 7. The first-order chi connectivity index (χ1) is 10.2. The van der Waals surface area contributed by atoms with Gasteiger partial charge in [-0.2, -0.15) is 0 Å². The van der Waals surface area contributed by atoms with Crippen LogP contribution in [-0.4, -0.2) is 19.0 Å². The second-order valence-electron chi connectivity index (χ2n) is 5.08. The molecule has 0 amide bonds. The largest absolute Gasteiger partial charge is 0.494 e. The van der Waals surface area contributed by atoms with Gasteiger partial charge < -0.3 is 9.47 Å². The first kappa shape index (κ1) is 15.4. The van der Waals surface area contributed by atoms with Crippen molar-refractivity contribution < 1.29 is 14.3 Å². The van der Waals surface area contributed by atoms with Crippen molar-refractivity contribution in [1.29, 1.82) is 0 Å². The molecule has 0 aliphatic rings. The minimum absolute atomic E-state index is 0.0166. The van der Waals surface area contributed by atoms with Gasteiger partial charge in [0.15, 0.2) is 5.78 Å². The fourth-order valence-corrected chi connectivity index (χ4v) is 2.22. The highest BCUT2D eigenvalue weighted by Gasteiger charge is 2.13. The average molecular weight is 286 g/mol. The zero-order valence-corrected chi connectivity index (χ0v) is 12.9. The van der Waals surface area contributed by atoms with Gasteiger partial charge in [0.05, 0.1) is 18.8 Å². The van der Waals surface area contributed by atoms with Crippen LogP contribution in [0, 0.1) is 0 Å². The maximum atomic E-state index is 11.8. The van der Waals surface area contributed by atoms with E-state index >= 15 is 0 Å². The smallest absolute Gasteiger partial charge is 0.163 e. The number of fused-ring (bicyclic) bond motifs is 1. The summed E-state index contributed by atoms with van der Waals surface area (Å²) in [4.78, 5) is 11.8. The van der Waals surface area contributed by atoms with Crippen LogP contribution in [0.2, 0.25) is 0 Å². The van der Waals surface area contributed by atoms with E-state index in [9.17, 15) is 4.79 Å². The molecule has 112 valence electrons. The molecule has 21 heavy (non-hydrogen) atoms. The molecule has 0 N–H and O–H groups in total. The Morgan fingerprint density at radius 1 is 1.00 bits per heavy atom.